The van der Waals surface area contributed by atoms with Crippen LogP contribution in [0.1, 0.15) is 17.3 Å². The quantitative estimate of drug-likeness (QED) is 0.764. The second kappa shape index (κ2) is 4.28. The van der Waals surface area contributed by atoms with Crippen molar-refractivity contribution >= 4 is 5.78 Å². The molecule has 0 aliphatic carbocycles. The molecule has 1 unspecified atom stereocenters. The van der Waals surface area contributed by atoms with E-state index in [0.717, 1.165) is 11.3 Å². The molecular weight excluding hydrogens is 202 g/mol. The zero-order chi connectivity index (χ0) is 11.5. The Morgan fingerprint density at radius 1 is 1.38 bits per heavy atom. The number of benzene rings is 1. The first-order valence-corrected chi connectivity index (χ1v) is 5.08. The summed E-state index contributed by atoms with van der Waals surface area (Å²) in [5, 5.41) is 6.73. The topological polar surface area (TPSA) is 71.8 Å². The van der Waals surface area contributed by atoms with Crippen LogP contribution in [0.15, 0.2) is 36.5 Å². The second-order valence-corrected chi connectivity index (χ2v) is 3.68. The van der Waals surface area contributed by atoms with Crippen LogP contribution in [0.3, 0.4) is 0 Å². The normalized spacial score (nSPS) is 12.4. The minimum absolute atomic E-state index is 0.104. The van der Waals surface area contributed by atoms with E-state index in [1.165, 1.54) is 6.20 Å². The number of H-pyrrole nitrogens is 1. The number of hydrogen-bond donors (Lipinski definition) is 2. The van der Waals surface area contributed by atoms with Crippen molar-refractivity contribution in [2.75, 3.05) is 0 Å². The Balaban J connectivity index is 2.45. The van der Waals surface area contributed by atoms with Crippen molar-refractivity contribution in [2.45, 2.75) is 13.0 Å². The maximum absolute atomic E-state index is 11.8. The van der Waals surface area contributed by atoms with Gasteiger partial charge < -0.3 is 5.73 Å². The number of nitrogens with two attached hydrogens (primary N) is 1. The van der Waals surface area contributed by atoms with Gasteiger partial charge in [0, 0.05) is 5.56 Å². The molecule has 1 aromatic carbocycles. The number of carbonyl (C=O) groups excluding carboxylic acids is 1. The molecule has 0 spiro atoms. The van der Waals surface area contributed by atoms with Crippen LogP contribution in [0.5, 0.6) is 0 Å². The third-order valence-corrected chi connectivity index (χ3v) is 2.38. The summed E-state index contributed by atoms with van der Waals surface area (Å²) in [6, 6.07) is 9.08. The summed E-state index contributed by atoms with van der Waals surface area (Å²) in [4.78, 5) is 11.8. The molecular formula is C12H13N3O. The highest BCUT2D eigenvalue weighted by Crippen LogP contribution is 2.21. The SMILES string of the molecule is CC(N)C(=O)c1cn[nH]c1-c1ccccc1. The molecule has 0 aliphatic heterocycles. The standard InChI is InChI=1S/C12H13N3O/c1-8(13)12(16)10-7-14-15-11(10)9-5-3-2-4-6-9/h2-8H,13H2,1H3,(H,14,15). The average molecular weight is 215 g/mol. The number of hydrogen-bond acceptors (Lipinski definition) is 3. The van der Waals surface area contributed by atoms with Crippen molar-refractivity contribution in [2.24, 2.45) is 5.73 Å². The fourth-order valence-electron chi connectivity index (χ4n) is 1.54. The molecule has 1 aromatic heterocycles. The molecule has 0 saturated carbocycles. The minimum atomic E-state index is -0.514. The first-order chi connectivity index (χ1) is 7.70. The molecule has 16 heavy (non-hydrogen) atoms. The van der Waals surface area contributed by atoms with Crippen molar-refractivity contribution in [3.8, 4) is 11.3 Å². The van der Waals surface area contributed by atoms with Crippen molar-refractivity contribution in [3.63, 3.8) is 0 Å². The largest absolute Gasteiger partial charge is 0.321 e. The molecule has 0 radical (unpaired) electrons. The summed E-state index contributed by atoms with van der Waals surface area (Å²) in [5.41, 5.74) is 7.78. The van der Waals surface area contributed by atoms with E-state index < -0.39 is 6.04 Å². The van der Waals surface area contributed by atoms with E-state index in [4.69, 9.17) is 5.73 Å². The molecule has 2 aromatic rings. The summed E-state index contributed by atoms with van der Waals surface area (Å²) in [7, 11) is 0. The van der Waals surface area contributed by atoms with E-state index in [1.54, 1.807) is 6.92 Å². The Morgan fingerprint density at radius 3 is 2.69 bits per heavy atom. The van der Waals surface area contributed by atoms with E-state index in [2.05, 4.69) is 10.2 Å². The molecule has 0 amide bonds. The van der Waals surface area contributed by atoms with Crippen molar-refractivity contribution in [3.05, 3.63) is 42.1 Å². The van der Waals surface area contributed by atoms with Gasteiger partial charge in [0.05, 0.1) is 23.5 Å². The van der Waals surface area contributed by atoms with Crippen molar-refractivity contribution < 1.29 is 4.79 Å². The number of aromatic amines is 1. The van der Waals surface area contributed by atoms with Crippen LogP contribution < -0.4 is 5.73 Å². The number of carbonyl (C=O) groups is 1. The molecule has 3 N–H and O–H groups in total. The van der Waals surface area contributed by atoms with Crippen molar-refractivity contribution in [1.29, 1.82) is 0 Å². The lowest BCUT2D eigenvalue weighted by Crippen LogP contribution is -2.26. The predicted octanol–water partition coefficient (Wildman–Crippen LogP) is 1.61. The fourth-order valence-corrected chi connectivity index (χ4v) is 1.54. The zero-order valence-corrected chi connectivity index (χ0v) is 8.97. The molecule has 4 nitrogen and oxygen atoms in total. The van der Waals surface area contributed by atoms with Crippen LogP contribution in [0, 0.1) is 0 Å². The van der Waals surface area contributed by atoms with Crippen LogP contribution in [0.4, 0.5) is 0 Å². The van der Waals surface area contributed by atoms with Gasteiger partial charge in [0.1, 0.15) is 0 Å². The Labute approximate surface area is 93.5 Å². The second-order valence-electron chi connectivity index (χ2n) is 3.68. The monoisotopic (exact) mass is 215 g/mol. The van der Waals surface area contributed by atoms with Crippen molar-refractivity contribution in [1.82, 2.24) is 10.2 Å². The van der Waals surface area contributed by atoms with E-state index in [9.17, 15) is 4.79 Å². The lowest BCUT2D eigenvalue weighted by molar-refractivity contribution is 0.0968. The van der Waals surface area contributed by atoms with Gasteiger partial charge in [-0.2, -0.15) is 5.10 Å². The van der Waals surface area contributed by atoms with Gasteiger partial charge in [-0.1, -0.05) is 30.3 Å². The van der Waals surface area contributed by atoms with Gasteiger partial charge in [0.15, 0.2) is 5.78 Å². The average Bonchev–Trinajstić information content (AvgIpc) is 2.77. The predicted molar refractivity (Wildman–Crippen MR) is 62.0 cm³/mol. The third kappa shape index (κ3) is 1.87. The van der Waals surface area contributed by atoms with Gasteiger partial charge in [0.2, 0.25) is 0 Å². The minimum Gasteiger partial charge on any atom is -0.321 e. The van der Waals surface area contributed by atoms with E-state index in [1.807, 2.05) is 30.3 Å². The lowest BCUT2D eigenvalue weighted by atomic mass is 10.0. The third-order valence-electron chi connectivity index (χ3n) is 2.38. The molecule has 2 rings (SSSR count). The van der Waals surface area contributed by atoms with Crippen LogP contribution in [-0.2, 0) is 0 Å². The zero-order valence-electron chi connectivity index (χ0n) is 8.97. The molecule has 0 aliphatic rings. The number of Topliss-reactive ketones (excluding diaryl/α,β-unsaturated/α-hetero) is 1. The Kier molecular flexibility index (Phi) is 2.83. The number of rotatable bonds is 3. The Bertz CT molecular complexity index is 488. The molecule has 1 heterocycles. The number of ketones is 1. The van der Waals surface area contributed by atoms with E-state index in [0.29, 0.717) is 5.56 Å². The van der Waals surface area contributed by atoms with Gasteiger partial charge in [-0.25, -0.2) is 0 Å². The smallest absolute Gasteiger partial charge is 0.183 e. The maximum Gasteiger partial charge on any atom is 0.183 e. The molecule has 82 valence electrons. The molecule has 0 bridgehead atoms. The highest BCUT2D eigenvalue weighted by Gasteiger charge is 2.17. The molecule has 1 atom stereocenters. The Hall–Kier alpha value is -1.94. The summed E-state index contributed by atoms with van der Waals surface area (Å²) >= 11 is 0. The highest BCUT2D eigenvalue weighted by atomic mass is 16.1. The number of nitrogens with one attached hydrogen (secondary N) is 1. The van der Waals surface area contributed by atoms with Crippen LogP contribution in [0.2, 0.25) is 0 Å². The lowest BCUT2D eigenvalue weighted by Gasteiger charge is -2.04. The number of nitrogens with zero attached hydrogens (tertiary/aromatic N) is 1. The molecule has 4 heteroatoms. The summed E-state index contributed by atoms with van der Waals surface area (Å²) in [6.45, 7) is 1.67. The molecule has 0 saturated heterocycles. The first-order valence-electron chi connectivity index (χ1n) is 5.08. The fraction of sp³-hybridized carbons (Fsp3) is 0.167. The Morgan fingerprint density at radius 2 is 2.06 bits per heavy atom. The highest BCUT2D eigenvalue weighted by molar-refractivity contribution is 6.04. The molecule has 0 fully saturated rings. The van der Waals surface area contributed by atoms with Crippen LogP contribution in [-0.4, -0.2) is 22.0 Å². The van der Waals surface area contributed by atoms with Gasteiger partial charge in [-0.15, -0.1) is 0 Å². The van der Waals surface area contributed by atoms with Gasteiger partial charge in [-0.3, -0.25) is 9.89 Å². The van der Waals surface area contributed by atoms with Crippen LogP contribution in [0.25, 0.3) is 11.3 Å². The van der Waals surface area contributed by atoms with E-state index in [-0.39, 0.29) is 5.78 Å². The first kappa shape index (κ1) is 10.6. The van der Waals surface area contributed by atoms with E-state index >= 15 is 0 Å². The summed E-state index contributed by atoms with van der Waals surface area (Å²) in [5.74, 6) is -0.104. The maximum atomic E-state index is 11.8. The van der Waals surface area contributed by atoms with Crippen LogP contribution >= 0.6 is 0 Å². The summed E-state index contributed by atoms with van der Waals surface area (Å²) in [6.07, 6.45) is 1.52. The van der Waals surface area contributed by atoms with Gasteiger partial charge in [0.25, 0.3) is 0 Å². The summed E-state index contributed by atoms with van der Waals surface area (Å²) < 4.78 is 0. The number of aromatic nitrogens is 2. The van der Waals surface area contributed by atoms with Gasteiger partial charge >= 0.3 is 0 Å². The van der Waals surface area contributed by atoms with Gasteiger partial charge in [-0.05, 0) is 6.92 Å².